The SMILES string of the molecule is Cn1ncc2c1-c1cc(Br)c(F)c(F)c1NC2(C)C. The van der Waals surface area contributed by atoms with Crippen molar-refractivity contribution in [1.82, 2.24) is 9.78 Å². The van der Waals surface area contributed by atoms with Crippen LogP contribution in [0, 0.1) is 11.6 Å². The largest absolute Gasteiger partial charge is 0.373 e. The number of anilines is 1. The molecule has 1 aromatic heterocycles. The summed E-state index contributed by atoms with van der Waals surface area (Å²) in [5, 5.41) is 7.27. The zero-order chi connectivity index (χ0) is 13.9. The van der Waals surface area contributed by atoms with E-state index in [1.54, 1.807) is 24.0 Å². The van der Waals surface area contributed by atoms with Gasteiger partial charge in [0.25, 0.3) is 0 Å². The third kappa shape index (κ3) is 1.62. The predicted octanol–water partition coefficient (Wildman–Crippen LogP) is 3.79. The molecule has 6 heteroatoms. The van der Waals surface area contributed by atoms with Gasteiger partial charge in [0.05, 0.1) is 27.6 Å². The van der Waals surface area contributed by atoms with Crippen LogP contribution in [0.25, 0.3) is 11.3 Å². The van der Waals surface area contributed by atoms with Crippen LogP contribution in [0.15, 0.2) is 16.7 Å². The average Bonchev–Trinajstić information content (AvgIpc) is 2.72. The number of aromatic nitrogens is 2. The Bertz CT molecular complexity index is 692. The standard InChI is InChI=1S/C13H12BrF2N3/c1-13(2)7-5-17-19(3)12(7)6-4-8(14)9(15)10(16)11(6)18-13/h4-5,18H,1-3H3. The van der Waals surface area contributed by atoms with Gasteiger partial charge in [0.1, 0.15) is 0 Å². The molecule has 0 saturated heterocycles. The molecule has 1 N–H and O–H groups in total. The topological polar surface area (TPSA) is 29.9 Å². The maximum atomic E-state index is 14.1. The lowest BCUT2D eigenvalue weighted by molar-refractivity contribution is 0.499. The highest BCUT2D eigenvalue weighted by Crippen LogP contribution is 2.45. The molecule has 2 heterocycles. The lowest BCUT2D eigenvalue weighted by atomic mass is 9.87. The average molecular weight is 328 g/mol. The fourth-order valence-electron chi connectivity index (χ4n) is 2.50. The van der Waals surface area contributed by atoms with Crippen LogP contribution in [0.1, 0.15) is 19.4 Å². The molecule has 19 heavy (non-hydrogen) atoms. The molecule has 0 saturated carbocycles. The molecule has 3 rings (SSSR count). The van der Waals surface area contributed by atoms with E-state index in [2.05, 4.69) is 26.3 Å². The van der Waals surface area contributed by atoms with Crippen LogP contribution in [0.2, 0.25) is 0 Å². The van der Waals surface area contributed by atoms with Crippen LogP contribution in [0.4, 0.5) is 14.5 Å². The zero-order valence-corrected chi connectivity index (χ0v) is 12.3. The van der Waals surface area contributed by atoms with Crippen molar-refractivity contribution in [2.45, 2.75) is 19.4 Å². The quantitative estimate of drug-likeness (QED) is 0.746. The molecule has 3 nitrogen and oxygen atoms in total. The Labute approximate surface area is 117 Å². The van der Waals surface area contributed by atoms with Crippen molar-refractivity contribution in [3.05, 3.63) is 33.9 Å². The van der Waals surface area contributed by atoms with Crippen LogP contribution in [-0.2, 0) is 12.6 Å². The van der Waals surface area contributed by atoms with Gasteiger partial charge >= 0.3 is 0 Å². The molecule has 0 spiro atoms. The van der Waals surface area contributed by atoms with Crippen molar-refractivity contribution < 1.29 is 8.78 Å². The van der Waals surface area contributed by atoms with E-state index in [1.807, 2.05) is 13.8 Å². The lowest BCUT2D eigenvalue weighted by Gasteiger charge is -2.34. The first-order valence-electron chi connectivity index (χ1n) is 5.81. The smallest absolute Gasteiger partial charge is 0.183 e. The number of halogens is 3. The van der Waals surface area contributed by atoms with E-state index in [-0.39, 0.29) is 10.2 Å². The Hall–Kier alpha value is -1.43. The first-order valence-corrected chi connectivity index (χ1v) is 6.60. The Kier molecular flexibility index (Phi) is 2.51. The summed E-state index contributed by atoms with van der Waals surface area (Å²) >= 11 is 3.05. The molecule has 2 aromatic rings. The highest BCUT2D eigenvalue weighted by molar-refractivity contribution is 9.10. The van der Waals surface area contributed by atoms with Crippen LogP contribution in [0.5, 0.6) is 0 Å². The number of aryl methyl sites for hydroxylation is 1. The van der Waals surface area contributed by atoms with Gasteiger partial charge in [-0.15, -0.1) is 0 Å². The third-order valence-corrected chi connectivity index (χ3v) is 4.04. The van der Waals surface area contributed by atoms with Crippen molar-refractivity contribution in [3.63, 3.8) is 0 Å². The number of nitrogens with zero attached hydrogens (tertiary/aromatic N) is 2. The number of hydrogen-bond acceptors (Lipinski definition) is 2. The third-order valence-electron chi connectivity index (χ3n) is 3.47. The zero-order valence-electron chi connectivity index (χ0n) is 10.7. The van der Waals surface area contributed by atoms with E-state index in [1.165, 1.54) is 0 Å². The van der Waals surface area contributed by atoms with Gasteiger partial charge in [0, 0.05) is 18.2 Å². The molecule has 0 aliphatic carbocycles. The number of nitrogens with one attached hydrogen (secondary N) is 1. The molecular weight excluding hydrogens is 316 g/mol. The first-order chi connectivity index (χ1) is 8.83. The van der Waals surface area contributed by atoms with Gasteiger partial charge in [-0.2, -0.15) is 5.10 Å². The van der Waals surface area contributed by atoms with Crippen molar-refractivity contribution in [3.8, 4) is 11.3 Å². The Morgan fingerprint density at radius 3 is 2.68 bits per heavy atom. The second-order valence-electron chi connectivity index (χ2n) is 5.19. The lowest BCUT2D eigenvalue weighted by Crippen LogP contribution is -2.32. The van der Waals surface area contributed by atoms with Gasteiger partial charge in [0.15, 0.2) is 11.6 Å². The maximum Gasteiger partial charge on any atom is 0.183 e. The molecular formula is C13H12BrF2N3. The minimum atomic E-state index is -0.882. The van der Waals surface area contributed by atoms with Crippen molar-refractivity contribution in [2.24, 2.45) is 7.05 Å². The highest BCUT2D eigenvalue weighted by Gasteiger charge is 2.36. The van der Waals surface area contributed by atoms with E-state index in [0.717, 1.165) is 11.3 Å². The monoisotopic (exact) mass is 327 g/mol. The summed E-state index contributed by atoms with van der Waals surface area (Å²) in [6.45, 7) is 3.83. The summed E-state index contributed by atoms with van der Waals surface area (Å²) in [6.07, 6.45) is 1.75. The molecule has 0 radical (unpaired) electrons. The van der Waals surface area contributed by atoms with Gasteiger partial charge < -0.3 is 5.32 Å². The van der Waals surface area contributed by atoms with Gasteiger partial charge in [-0.3, -0.25) is 4.68 Å². The highest BCUT2D eigenvalue weighted by atomic mass is 79.9. The molecule has 1 aromatic carbocycles. The maximum absolute atomic E-state index is 14.1. The van der Waals surface area contributed by atoms with E-state index >= 15 is 0 Å². The number of benzene rings is 1. The van der Waals surface area contributed by atoms with Gasteiger partial charge in [0.2, 0.25) is 0 Å². The van der Waals surface area contributed by atoms with Crippen molar-refractivity contribution in [2.75, 3.05) is 5.32 Å². The van der Waals surface area contributed by atoms with Crippen LogP contribution in [-0.4, -0.2) is 9.78 Å². The van der Waals surface area contributed by atoms with Gasteiger partial charge in [-0.05, 0) is 35.8 Å². The number of hydrogen-bond donors (Lipinski definition) is 1. The molecule has 0 atom stereocenters. The molecule has 0 fully saturated rings. The van der Waals surface area contributed by atoms with Crippen LogP contribution >= 0.6 is 15.9 Å². The number of rotatable bonds is 0. The van der Waals surface area contributed by atoms with E-state index < -0.39 is 17.2 Å². The Morgan fingerprint density at radius 2 is 2.00 bits per heavy atom. The molecule has 100 valence electrons. The Morgan fingerprint density at radius 1 is 1.32 bits per heavy atom. The minimum absolute atomic E-state index is 0.109. The van der Waals surface area contributed by atoms with Crippen LogP contribution < -0.4 is 5.32 Å². The molecule has 0 bridgehead atoms. The molecule has 1 aliphatic rings. The van der Waals surface area contributed by atoms with Gasteiger partial charge in [-0.1, -0.05) is 0 Å². The summed E-state index contributed by atoms with van der Waals surface area (Å²) in [5.41, 5.74) is 2.05. The molecule has 0 unspecified atom stereocenters. The normalized spacial score (nSPS) is 15.7. The summed E-state index contributed by atoms with van der Waals surface area (Å²) in [7, 11) is 1.79. The van der Waals surface area contributed by atoms with E-state index in [4.69, 9.17) is 0 Å². The minimum Gasteiger partial charge on any atom is -0.373 e. The summed E-state index contributed by atoms with van der Waals surface area (Å²) in [5.74, 6) is -1.75. The predicted molar refractivity (Wildman–Crippen MR) is 72.9 cm³/mol. The summed E-state index contributed by atoms with van der Waals surface area (Å²) < 4.78 is 29.6. The van der Waals surface area contributed by atoms with Crippen molar-refractivity contribution >= 4 is 21.6 Å². The van der Waals surface area contributed by atoms with E-state index in [9.17, 15) is 8.78 Å². The fourth-order valence-corrected chi connectivity index (χ4v) is 2.90. The molecule has 0 amide bonds. The number of fused-ring (bicyclic) bond motifs is 3. The summed E-state index contributed by atoms with van der Waals surface area (Å²) in [6, 6.07) is 1.58. The first kappa shape index (κ1) is 12.6. The Balaban J connectivity index is 2.41. The summed E-state index contributed by atoms with van der Waals surface area (Å²) in [4.78, 5) is 0. The fraction of sp³-hybridized carbons (Fsp3) is 0.308. The van der Waals surface area contributed by atoms with Gasteiger partial charge in [-0.25, -0.2) is 8.78 Å². The second kappa shape index (κ2) is 3.79. The van der Waals surface area contributed by atoms with Crippen LogP contribution in [0.3, 0.4) is 0 Å². The van der Waals surface area contributed by atoms with Crippen molar-refractivity contribution in [1.29, 1.82) is 0 Å². The molecule has 1 aliphatic heterocycles. The van der Waals surface area contributed by atoms with E-state index in [0.29, 0.717) is 5.56 Å². The second-order valence-corrected chi connectivity index (χ2v) is 6.04.